The van der Waals surface area contributed by atoms with E-state index in [-0.39, 0.29) is 60.2 Å². The van der Waals surface area contributed by atoms with Gasteiger partial charge in [0.05, 0.1) is 31.7 Å². The molecule has 1 unspecified atom stereocenters. The van der Waals surface area contributed by atoms with Gasteiger partial charge in [0.2, 0.25) is 5.95 Å². The fraction of sp³-hybridized carbons (Fsp3) is 0.720. The van der Waals surface area contributed by atoms with Crippen molar-refractivity contribution in [2.75, 3.05) is 31.2 Å². The molecule has 236 valence electrons. The molecule has 1 aliphatic rings. The third kappa shape index (κ3) is 8.85. The van der Waals surface area contributed by atoms with Crippen LogP contribution in [0.4, 0.5) is 5.95 Å². The number of H-pyrrole nitrogens is 1. The predicted molar refractivity (Wildman–Crippen MR) is 159 cm³/mol. The number of nitrogen functional groups attached to an aromatic ring is 1. The van der Waals surface area contributed by atoms with Gasteiger partial charge in [-0.3, -0.25) is 33.0 Å². The molecule has 1 fully saturated rings. The van der Waals surface area contributed by atoms with Crippen LogP contribution < -0.4 is 22.1 Å². The van der Waals surface area contributed by atoms with Gasteiger partial charge in [0.15, 0.2) is 16.3 Å². The fourth-order valence-electron chi connectivity index (χ4n) is 4.18. The van der Waals surface area contributed by atoms with Gasteiger partial charge in [-0.25, -0.2) is 14.6 Å². The van der Waals surface area contributed by atoms with Crippen LogP contribution in [0, 0.1) is 11.3 Å². The molecule has 0 aromatic carbocycles. The Kier molecular flexibility index (Phi) is 11.7. The number of ether oxygens (including phenoxy) is 2. The van der Waals surface area contributed by atoms with Crippen molar-refractivity contribution in [3.8, 4) is 0 Å². The smallest absolute Gasteiger partial charge is 0.406 e. The lowest BCUT2D eigenvalue weighted by atomic mass is 9.96. The SMILES string of the molecule is CC(C)OC(=O)[C@@H](C)NP(=O)(OCCSC(=O)C(C)(C)CN)OCC[C@@H]1C[C@H](C)[C@H](n2cnc3c(=O)[nH]c(N)nc32)O1. The summed E-state index contributed by atoms with van der Waals surface area (Å²) in [6.07, 6.45) is 1.42. The van der Waals surface area contributed by atoms with Crippen molar-refractivity contribution in [2.45, 2.75) is 78.9 Å². The van der Waals surface area contributed by atoms with E-state index >= 15 is 0 Å². The number of thioether (sulfide) groups is 1. The number of carbonyl (C=O) groups excluding carboxylic acids is 2. The molecule has 3 rings (SSSR count). The van der Waals surface area contributed by atoms with E-state index in [0.29, 0.717) is 18.5 Å². The van der Waals surface area contributed by atoms with Crippen molar-refractivity contribution in [2.24, 2.45) is 17.1 Å². The van der Waals surface area contributed by atoms with Crippen molar-refractivity contribution in [1.29, 1.82) is 0 Å². The molecule has 3 heterocycles. The lowest BCUT2D eigenvalue weighted by Crippen LogP contribution is -2.36. The number of fused-ring (bicyclic) bond motifs is 1. The summed E-state index contributed by atoms with van der Waals surface area (Å²) in [6.45, 7) is 10.5. The molecular weight excluding hydrogens is 589 g/mol. The summed E-state index contributed by atoms with van der Waals surface area (Å²) in [5, 5.41) is 2.53. The van der Waals surface area contributed by atoms with Crippen molar-refractivity contribution < 1.29 is 32.7 Å². The third-order valence-electron chi connectivity index (χ3n) is 6.58. The standard InChI is InChI=1S/C25H42N7O8PS/c1-14(2)39-22(34)16(4)31-41(36,38-9-10-42-23(35)25(5,6)12-26)37-8-7-17-11-15(3)21(40-17)32-13-28-18-19(32)29-24(27)30-20(18)33/h13-17,21H,7-12,26H2,1-6H3,(H,31,36)(H3,27,29,30,33)/t15-,16+,17+,21+,41?/m0/s1. The van der Waals surface area contributed by atoms with E-state index in [4.69, 9.17) is 30.0 Å². The normalized spacial score (nSPS) is 21.5. The van der Waals surface area contributed by atoms with Crippen LogP contribution in [-0.4, -0.2) is 74.4 Å². The molecule has 2 aromatic heterocycles. The quantitative estimate of drug-likeness (QED) is 0.126. The van der Waals surface area contributed by atoms with Crippen LogP contribution >= 0.6 is 19.5 Å². The van der Waals surface area contributed by atoms with Crippen molar-refractivity contribution in [3.05, 3.63) is 16.7 Å². The van der Waals surface area contributed by atoms with Crippen LogP contribution in [0.15, 0.2) is 11.1 Å². The highest BCUT2D eigenvalue weighted by Crippen LogP contribution is 2.45. The number of aromatic nitrogens is 4. The number of nitrogens with two attached hydrogens (primary N) is 2. The average Bonchev–Trinajstić information content (AvgIpc) is 3.48. The molecule has 42 heavy (non-hydrogen) atoms. The fourth-order valence-corrected chi connectivity index (χ4v) is 6.61. The van der Waals surface area contributed by atoms with Crippen LogP contribution in [-0.2, 0) is 32.7 Å². The zero-order chi connectivity index (χ0) is 31.2. The monoisotopic (exact) mass is 631 g/mol. The average molecular weight is 632 g/mol. The number of rotatable bonds is 15. The first kappa shape index (κ1) is 34.2. The number of anilines is 1. The van der Waals surface area contributed by atoms with Crippen molar-refractivity contribution in [3.63, 3.8) is 0 Å². The minimum absolute atomic E-state index is 0.0118. The molecule has 1 saturated heterocycles. The minimum Gasteiger partial charge on any atom is -0.462 e. The number of imidazole rings is 1. The molecule has 15 nitrogen and oxygen atoms in total. The molecule has 5 atom stereocenters. The summed E-state index contributed by atoms with van der Waals surface area (Å²) in [6, 6.07) is -0.978. The topological polar surface area (TPSA) is 216 Å². The number of esters is 1. The molecule has 17 heteroatoms. The summed E-state index contributed by atoms with van der Waals surface area (Å²) in [4.78, 5) is 47.7. The van der Waals surface area contributed by atoms with Gasteiger partial charge in [0.25, 0.3) is 5.56 Å². The number of carbonyl (C=O) groups is 2. The molecule has 2 aromatic rings. The molecule has 1 aliphatic heterocycles. The summed E-state index contributed by atoms with van der Waals surface area (Å²) < 4.78 is 38.0. The summed E-state index contributed by atoms with van der Waals surface area (Å²) in [5.74, 6) is -0.379. The van der Waals surface area contributed by atoms with E-state index in [1.54, 1.807) is 32.3 Å². The second kappa shape index (κ2) is 14.4. The van der Waals surface area contributed by atoms with Crippen LogP contribution in [0.1, 0.15) is 60.6 Å². The Morgan fingerprint density at radius 1 is 1.31 bits per heavy atom. The molecule has 0 saturated carbocycles. The highest BCUT2D eigenvalue weighted by Gasteiger charge is 2.36. The van der Waals surface area contributed by atoms with E-state index in [2.05, 4.69) is 20.0 Å². The lowest BCUT2D eigenvalue weighted by molar-refractivity contribution is -0.149. The van der Waals surface area contributed by atoms with Crippen molar-refractivity contribution in [1.82, 2.24) is 24.6 Å². The Bertz CT molecular complexity index is 1350. The highest BCUT2D eigenvalue weighted by atomic mass is 32.2. The van der Waals surface area contributed by atoms with Crippen LogP contribution in [0.25, 0.3) is 11.2 Å². The number of aromatic amines is 1. The lowest BCUT2D eigenvalue weighted by Gasteiger charge is -2.24. The van der Waals surface area contributed by atoms with E-state index < -0.39 is 37.0 Å². The summed E-state index contributed by atoms with van der Waals surface area (Å²) in [7, 11) is -3.99. The zero-order valence-corrected chi connectivity index (χ0v) is 26.5. The van der Waals surface area contributed by atoms with Gasteiger partial charge in [0, 0.05) is 23.6 Å². The maximum atomic E-state index is 13.6. The highest BCUT2D eigenvalue weighted by molar-refractivity contribution is 8.13. The molecule has 0 radical (unpaired) electrons. The van der Waals surface area contributed by atoms with Gasteiger partial charge in [-0.15, -0.1) is 0 Å². The van der Waals surface area contributed by atoms with Crippen LogP contribution in [0.3, 0.4) is 0 Å². The van der Waals surface area contributed by atoms with E-state index in [1.807, 2.05) is 6.92 Å². The number of nitrogens with zero attached hydrogens (tertiary/aromatic N) is 3. The van der Waals surface area contributed by atoms with E-state index in [9.17, 15) is 18.9 Å². The minimum atomic E-state index is -3.99. The molecule has 0 spiro atoms. The first-order chi connectivity index (χ1) is 19.7. The van der Waals surface area contributed by atoms with Gasteiger partial charge >= 0.3 is 13.7 Å². The molecule has 0 aliphatic carbocycles. The van der Waals surface area contributed by atoms with Gasteiger partial charge in [-0.2, -0.15) is 4.98 Å². The van der Waals surface area contributed by atoms with E-state index in [1.165, 1.54) is 13.3 Å². The van der Waals surface area contributed by atoms with Crippen LogP contribution in [0.2, 0.25) is 0 Å². The molecular formula is C25H42N7O8PS. The van der Waals surface area contributed by atoms with Crippen LogP contribution in [0.5, 0.6) is 0 Å². The summed E-state index contributed by atoms with van der Waals surface area (Å²) >= 11 is 1.03. The Morgan fingerprint density at radius 3 is 2.67 bits per heavy atom. The largest absolute Gasteiger partial charge is 0.462 e. The third-order valence-corrected chi connectivity index (χ3v) is 9.51. The zero-order valence-electron chi connectivity index (χ0n) is 24.8. The Morgan fingerprint density at radius 2 is 2.00 bits per heavy atom. The first-order valence-electron chi connectivity index (χ1n) is 13.8. The molecule has 0 bridgehead atoms. The first-order valence-corrected chi connectivity index (χ1v) is 16.3. The maximum Gasteiger partial charge on any atom is 0.406 e. The number of hydrogen-bond acceptors (Lipinski definition) is 13. The Labute approximate surface area is 248 Å². The second-order valence-corrected chi connectivity index (χ2v) is 14.0. The number of hydrogen-bond donors (Lipinski definition) is 4. The van der Waals surface area contributed by atoms with Crippen molar-refractivity contribution >= 4 is 47.7 Å². The van der Waals surface area contributed by atoms with Gasteiger partial charge in [0.1, 0.15) is 12.3 Å². The summed E-state index contributed by atoms with van der Waals surface area (Å²) in [5.41, 5.74) is 10.7. The molecule has 0 amide bonds. The van der Waals surface area contributed by atoms with E-state index in [0.717, 1.165) is 11.8 Å². The second-order valence-electron chi connectivity index (χ2n) is 11.1. The van der Waals surface area contributed by atoms with Gasteiger partial charge in [-0.1, -0.05) is 32.5 Å². The maximum absolute atomic E-state index is 13.6. The number of nitrogens with one attached hydrogen (secondary N) is 2. The Hall–Kier alpha value is -2.33. The predicted octanol–water partition coefficient (Wildman–Crippen LogP) is 2.33. The molecule has 6 N–H and O–H groups in total. The Balaban J connectivity index is 1.61. The van der Waals surface area contributed by atoms with Gasteiger partial charge < -0.3 is 20.9 Å². The van der Waals surface area contributed by atoms with Gasteiger partial charge in [-0.05, 0) is 33.6 Å².